The molecule has 1 heterocycles. The molecule has 2 unspecified atom stereocenters. The Balaban J connectivity index is 2.12. The van der Waals surface area contributed by atoms with E-state index in [1.807, 2.05) is 0 Å². The number of amides is 2. The third kappa shape index (κ3) is 4.30. The lowest BCUT2D eigenvalue weighted by atomic mass is 10.0. The molecule has 0 aromatic carbocycles. The van der Waals surface area contributed by atoms with Gasteiger partial charge in [0.2, 0.25) is 0 Å². The predicted molar refractivity (Wildman–Crippen MR) is 63.8 cm³/mol. The fourth-order valence-electron chi connectivity index (χ4n) is 1.84. The van der Waals surface area contributed by atoms with Gasteiger partial charge >= 0.3 is 12.0 Å². The third-order valence-corrected chi connectivity index (χ3v) is 3.11. The van der Waals surface area contributed by atoms with Gasteiger partial charge < -0.3 is 15.7 Å². The standard InChI is InChI=1S/C10H18N2O3S/c13-9(14)5-3-1-2-4-7-8(6-16)12-10(15)11-7/h7-8,16H,1-6H2,(H,13,14)(H2,11,12,15). The Bertz CT molecular complexity index is 260. The molecule has 0 radical (unpaired) electrons. The summed E-state index contributed by atoms with van der Waals surface area (Å²) in [5.74, 6) is -0.123. The number of carboxylic acid groups (broad SMARTS) is 1. The molecular formula is C10H18N2O3S. The molecule has 2 amide bonds. The molecule has 92 valence electrons. The molecule has 16 heavy (non-hydrogen) atoms. The number of carbonyl (C=O) groups is 2. The summed E-state index contributed by atoms with van der Waals surface area (Å²) in [5.41, 5.74) is 0. The number of rotatable bonds is 7. The molecule has 0 aromatic rings. The van der Waals surface area contributed by atoms with Crippen molar-refractivity contribution in [1.29, 1.82) is 0 Å². The van der Waals surface area contributed by atoms with E-state index in [0.717, 1.165) is 19.3 Å². The van der Waals surface area contributed by atoms with Gasteiger partial charge in [0, 0.05) is 12.2 Å². The number of unbranched alkanes of at least 4 members (excludes halogenated alkanes) is 2. The molecule has 6 heteroatoms. The molecule has 1 rings (SSSR count). The summed E-state index contributed by atoms with van der Waals surface area (Å²) in [6, 6.07) is 0.0970. The molecular weight excluding hydrogens is 228 g/mol. The average Bonchev–Trinajstić information content (AvgIpc) is 2.58. The lowest BCUT2D eigenvalue weighted by molar-refractivity contribution is -0.137. The summed E-state index contributed by atoms with van der Waals surface area (Å²) < 4.78 is 0. The van der Waals surface area contributed by atoms with Crippen LogP contribution in [0.3, 0.4) is 0 Å². The zero-order valence-corrected chi connectivity index (χ0v) is 10.0. The first-order valence-electron chi connectivity index (χ1n) is 5.53. The Kier molecular flexibility index (Phi) is 5.45. The van der Waals surface area contributed by atoms with Gasteiger partial charge in [-0.25, -0.2) is 4.79 Å². The zero-order chi connectivity index (χ0) is 12.0. The van der Waals surface area contributed by atoms with Gasteiger partial charge in [-0.15, -0.1) is 0 Å². The number of thiol groups is 1. The maximum absolute atomic E-state index is 11.1. The molecule has 0 saturated carbocycles. The summed E-state index contributed by atoms with van der Waals surface area (Å²) in [4.78, 5) is 21.4. The van der Waals surface area contributed by atoms with Gasteiger partial charge in [-0.3, -0.25) is 4.79 Å². The van der Waals surface area contributed by atoms with Crippen molar-refractivity contribution in [1.82, 2.24) is 10.6 Å². The Morgan fingerprint density at radius 2 is 1.94 bits per heavy atom. The van der Waals surface area contributed by atoms with E-state index in [1.54, 1.807) is 0 Å². The lowest BCUT2D eigenvalue weighted by Crippen LogP contribution is -2.34. The van der Waals surface area contributed by atoms with E-state index >= 15 is 0 Å². The van der Waals surface area contributed by atoms with Gasteiger partial charge in [-0.1, -0.05) is 12.8 Å². The second-order valence-electron chi connectivity index (χ2n) is 4.01. The molecule has 1 aliphatic rings. The van der Waals surface area contributed by atoms with E-state index < -0.39 is 5.97 Å². The number of hydrogen-bond acceptors (Lipinski definition) is 3. The van der Waals surface area contributed by atoms with Crippen LogP contribution in [0.4, 0.5) is 4.79 Å². The summed E-state index contributed by atoms with van der Waals surface area (Å²) in [6.07, 6.45) is 3.63. The number of carbonyl (C=O) groups excluding carboxylic acids is 1. The van der Waals surface area contributed by atoms with Crippen LogP contribution in [0.25, 0.3) is 0 Å². The number of hydrogen-bond donors (Lipinski definition) is 4. The maximum Gasteiger partial charge on any atom is 0.315 e. The quantitative estimate of drug-likeness (QED) is 0.400. The average molecular weight is 246 g/mol. The Hall–Kier alpha value is -0.910. The van der Waals surface area contributed by atoms with E-state index in [4.69, 9.17) is 5.11 Å². The number of aliphatic carboxylic acids is 1. The van der Waals surface area contributed by atoms with Crippen LogP contribution >= 0.6 is 12.6 Å². The molecule has 0 spiro atoms. The lowest BCUT2D eigenvalue weighted by Gasteiger charge is -2.15. The van der Waals surface area contributed by atoms with E-state index in [2.05, 4.69) is 23.3 Å². The monoisotopic (exact) mass is 246 g/mol. The van der Waals surface area contributed by atoms with Gasteiger partial charge in [-0.2, -0.15) is 12.6 Å². The van der Waals surface area contributed by atoms with Gasteiger partial charge in [0.25, 0.3) is 0 Å². The topological polar surface area (TPSA) is 78.4 Å². The van der Waals surface area contributed by atoms with E-state index in [9.17, 15) is 9.59 Å². The van der Waals surface area contributed by atoms with Crippen LogP contribution in [0.5, 0.6) is 0 Å². The minimum absolute atomic E-state index is 0.0929. The van der Waals surface area contributed by atoms with Gasteiger partial charge in [0.05, 0.1) is 12.1 Å². The van der Waals surface area contributed by atoms with Crippen molar-refractivity contribution in [2.24, 2.45) is 0 Å². The Morgan fingerprint density at radius 3 is 2.56 bits per heavy atom. The van der Waals surface area contributed by atoms with Gasteiger partial charge in [-0.05, 0) is 12.8 Å². The highest BCUT2D eigenvalue weighted by Gasteiger charge is 2.29. The van der Waals surface area contributed by atoms with Crippen molar-refractivity contribution in [2.45, 2.75) is 44.2 Å². The number of nitrogens with one attached hydrogen (secondary N) is 2. The van der Waals surface area contributed by atoms with Crippen molar-refractivity contribution in [3.05, 3.63) is 0 Å². The van der Waals surface area contributed by atoms with Crippen LogP contribution in [-0.4, -0.2) is 34.9 Å². The van der Waals surface area contributed by atoms with Crippen molar-refractivity contribution in [3.63, 3.8) is 0 Å². The number of urea groups is 1. The Labute approximate surface area is 100 Å². The van der Waals surface area contributed by atoms with Crippen LogP contribution in [0.15, 0.2) is 0 Å². The molecule has 1 saturated heterocycles. The van der Waals surface area contributed by atoms with Gasteiger partial charge in [0.1, 0.15) is 0 Å². The third-order valence-electron chi connectivity index (χ3n) is 2.72. The first-order valence-corrected chi connectivity index (χ1v) is 6.16. The molecule has 0 aliphatic carbocycles. The molecule has 5 nitrogen and oxygen atoms in total. The minimum Gasteiger partial charge on any atom is -0.481 e. The predicted octanol–water partition coefficient (Wildman–Crippen LogP) is 1.00. The normalized spacial score (nSPS) is 23.9. The first kappa shape index (κ1) is 13.2. The summed E-state index contributed by atoms with van der Waals surface area (Å²) in [6.45, 7) is 0. The maximum atomic E-state index is 11.1. The van der Waals surface area contributed by atoms with Crippen molar-refractivity contribution in [2.75, 3.05) is 5.75 Å². The van der Waals surface area contributed by atoms with Crippen LogP contribution in [0.2, 0.25) is 0 Å². The van der Waals surface area contributed by atoms with Crippen molar-refractivity contribution in [3.8, 4) is 0 Å². The smallest absolute Gasteiger partial charge is 0.315 e. The van der Waals surface area contributed by atoms with Crippen LogP contribution in [0.1, 0.15) is 32.1 Å². The van der Waals surface area contributed by atoms with Crippen LogP contribution < -0.4 is 10.6 Å². The highest BCUT2D eigenvalue weighted by molar-refractivity contribution is 7.80. The largest absolute Gasteiger partial charge is 0.481 e. The van der Waals surface area contributed by atoms with E-state index in [-0.39, 0.29) is 24.5 Å². The summed E-state index contributed by atoms with van der Waals surface area (Å²) in [7, 11) is 0. The van der Waals surface area contributed by atoms with Crippen molar-refractivity contribution >= 4 is 24.6 Å². The van der Waals surface area contributed by atoms with Crippen LogP contribution in [0, 0.1) is 0 Å². The second-order valence-corrected chi connectivity index (χ2v) is 4.37. The fourth-order valence-corrected chi connectivity index (χ4v) is 2.19. The molecule has 2 atom stereocenters. The summed E-state index contributed by atoms with van der Waals surface area (Å²) >= 11 is 4.17. The minimum atomic E-state index is -0.746. The Morgan fingerprint density at radius 1 is 1.25 bits per heavy atom. The van der Waals surface area contributed by atoms with Gasteiger partial charge in [0.15, 0.2) is 0 Å². The SMILES string of the molecule is O=C(O)CCCCCC1NC(=O)NC1CS. The highest BCUT2D eigenvalue weighted by Crippen LogP contribution is 2.12. The van der Waals surface area contributed by atoms with E-state index in [0.29, 0.717) is 12.2 Å². The molecule has 0 bridgehead atoms. The summed E-state index contributed by atoms with van der Waals surface area (Å²) in [5, 5.41) is 14.1. The zero-order valence-electron chi connectivity index (χ0n) is 9.11. The van der Waals surface area contributed by atoms with E-state index in [1.165, 1.54) is 0 Å². The molecule has 0 aromatic heterocycles. The highest BCUT2D eigenvalue weighted by atomic mass is 32.1. The number of carboxylic acids is 1. The van der Waals surface area contributed by atoms with Crippen LogP contribution in [-0.2, 0) is 4.79 Å². The molecule has 1 aliphatic heterocycles. The first-order chi connectivity index (χ1) is 7.63. The molecule has 3 N–H and O–H groups in total. The fraction of sp³-hybridized carbons (Fsp3) is 0.800. The molecule has 1 fully saturated rings. The van der Waals surface area contributed by atoms with Crippen molar-refractivity contribution < 1.29 is 14.7 Å². The second kappa shape index (κ2) is 6.62.